The summed E-state index contributed by atoms with van der Waals surface area (Å²) in [5.74, 6) is 0.591. The minimum Gasteiger partial charge on any atom is -0.494 e. The van der Waals surface area contributed by atoms with Gasteiger partial charge in [-0.25, -0.2) is 4.98 Å². The maximum absolute atomic E-state index is 12.2. The maximum Gasteiger partial charge on any atom is 0.234 e. The van der Waals surface area contributed by atoms with Crippen molar-refractivity contribution in [3.63, 3.8) is 0 Å². The molecule has 28 heavy (non-hydrogen) atoms. The number of carbonyl (C=O) groups is 1. The lowest BCUT2D eigenvalue weighted by molar-refractivity contribution is -0.113. The molecule has 1 heterocycles. The lowest BCUT2D eigenvalue weighted by atomic mass is 10.1. The van der Waals surface area contributed by atoms with Crippen molar-refractivity contribution in [2.75, 3.05) is 17.7 Å². The molecule has 0 aliphatic rings. The molecule has 0 unspecified atom stereocenters. The number of pyridine rings is 1. The lowest BCUT2D eigenvalue weighted by Crippen LogP contribution is -2.14. The number of benzene rings is 2. The number of anilines is 1. The Labute approximate surface area is 176 Å². The second-order valence-corrected chi connectivity index (χ2v) is 7.48. The summed E-state index contributed by atoms with van der Waals surface area (Å²) in [6, 6.07) is 14.3. The van der Waals surface area contributed by atoms with E-state index in [0.717, 1.165) is 16.7 Å². The maximum atomic E-state index is 12.2. The second-order valence-electron chi connectivity index (χ2n) is 5.71. The molecule has 0 bridgehead atoms. The molecule has 3 aromatic rings. The van der Waals surface area contributed by atoms with Crippen LogP contribution in [0.3, 0.4) is 0 Å². The summed E-state index contributed by atoms with van der Waals surface area (Å²) in [4.78, 5) is 16.7. The molecule has 0 aliphatic carbocycles. The molecule has 8 heteroatoms. The lowest BCUT2D eigenvalue weighted by Gasteiger charge is -2.09. The first kappa shape index (κ1) is 20.3. The standard InChI is InChI=1S/C20H15Cl2N3O2S/c1-2-27-15-4-6-18-12(8-15)7-13(10-23)20(25-18)28-11-19(26)24-14-3-5-16(21)17(22)9-14/h3-9H,2,11H2,1H3,(H,24,26). The molecule has 1 amide bonds. The van der Waals surface area contributed by atoms with Crippen molar-refractivity contribution in [1.82, 2.24) is 4.98 Å². The van der Waals surface area contributed by atoms with Gasteiger partial charge in [0.2, 0.25) is 5.91 Å². The van der Waals surface area contributed by atoms with Crippen molar-refractivity contribution in [3.8, 4) is 11.8 Å². The number of fused-ring (bicyclic) bond motifs is 1. The van der Waals surface area contributed by atoms with E-state index in [-0.39, 0.29) is 11.7 Å². The molecule has 0 saturated heterocycles. The van der Waals surface area contributed by atoms with Crippen LogP contribution in [0.1, 0.15) is 12.5 Å². The third kappa shape index (κ3) is 4.87. The summed E-state index contributed by atoms with van der Waals surface area (Å²) < 4.78 is 5.48. The first-order chi connectivity index (χ1) is 13.5. The van der Waals surface area contributed by atoms with Crippen LogP contribution in [-0.2, 0) is 4.79 Å². The number of ether oxygens (including phenoxy) is 1. The van der Waals surface area contributed by atoms with Crippen molar-refractivity contribution in [3.05, 3.63) is 58.1 Å². The van der Waals surface area contributed by atoms with Gasteiger partial charge in [0.1, 0.15) is 16.8 Å². The first-order valence-electron chi connectivity index (χ1n) is 8.35. The number of aromatic nitrogens is 1. The van der Waals surface area contributed by atoms with E-state index in [1.165, 1.54) is 11.8 Å². The number of hydrogen-bond acceptors (Lipinski definition) is 5. The molecular formula is C20H15Cl2N3O2S. The number of nitrogens with one attached hydrogen (secondary N) is 1. The molecule has 3 rings (SSSR count). The molecule has 0 radical (unpaired) electrons. The van der Waals surface area contributed by atoms with E-state index in [9.17, 15) is 10.1 Å². The highest BCUT2D eigenvalue weighted by molar-refractivity contribution is 8.00. The zero-order valence-corrected chi connectivity index (χ0v) is 17.2. The molecule has 5 nitrogen and oxygen atoms in total. The van der Waals surface area contributed by atoms with E-state index in [4.69, 9.17) is 27.9 Å². The predicted octanol–water partition coefficient (Wildman–Crippen LogP) is 5.54. The molecule has 0 spiro atoms. The normalized spacial score (nSPS) is 10.5. The van der Waals surface area contributed by atoms with E-state index >= 15 is 0 Å². The molecule has 2 aromatic carbocycles. The number of halogens is 2. The fourth-order valence-electron chi connectivity index (χ4n) is 2.49. The molecule has 0 saturated carbocycles. The van der Waals surface area contributed by atoms with Crippen LogP contribution in [0.2, 0.25) is 10.0 Å². The number of nitriles is 1. The van der Waals surface area contributed by atoms with Gasteiger partial charge < -0.3 is 10.1 Å². The van der Waals surface area contributed by atoms with Crippen LogP contribution in [-0.4, -0.2) is 23.3 Å². The largest absolute Gasteiger partial charge is 0.494 e. The van der Waals surface area contributed by atoms with Gasteiger partial charge in [-0.2, -0.15) is 5.26 Å². The van der Waals surface area contributed by atoms with E-state index in [1.54, 1.807) is 24.3 Å². The molecule has 0 fully saturated rings. The Balaban J connectivity index is 1.74. The minimum absolute atomic E-state index is 0.102. The number of amides is 1. The number of nitrogens with zero attached hydrogens (tertiary/aromatic N) is 2. The average molecular weight is 432 g/mol. The molecule has 0 atom stereocenters. The Hall–Kier alpha value is -2.46. The molecular weight excluding hydrogens is 417 g/mol. The summed E-state index contributed by atoms with van der Waals surface area (Å²) in [7, 11) is 0. The fraction of sp³-hybridized carbons (Fsp3) is 0.150. The van der Waals surface area contributed by atoms with Crippen molar-refractivity contribution in [2.45, 2.75) is 11.9 Å². The van der Waals surface area contributed by atoms with Crippen molar-refractivity contribution in [2.24, 2.45) is 0 Å². The summed E-state index contributed by atoms with van der Waals surface area (Å²) in [6.07, 6.45) is 0. The highest BCUT2D eigenvalue weighted by Crippen LogP contribution is 2.28. The average Bonchev–Trinajstić information content (AvgIpc) is 2.68. The van der Waals surface area contributed by atoms with Crippen LogP contribution in [0.15, 0.2) is 47.5 Å². The summed E-state index contributed by atoms with van der Waals surface area (Å²) in [5, 5.41) is 14.3. The van der Waals surface area contributed by atoms with Gasteiger partial charge in [0.15, 0.2) is 0 Å². The first-order valence-corrected chi connectivity index (χ1v) is 10.1. The van der Waals surface area contributed by atoms with Gasteiger partial charge in [-0.15, -0.1) is 0 Å². The van der Waals surface area contributed by atoms with Gasteiger partial charge in [0.25, 0.3) is 0 Å². The number of hydrogen-bond donors (Lipinski definition) is 1. The Morgan fingerprint density at radius 2 is 2.04 bits per heavy atom. The molecule has 1 aromatic heterocycles. The van der Waals surface area contributed by atoms with Gasteiger partial charge in [0, 0.05) is 11.1 Å². The van der Waals surface area contributed by atoms with Crippen LogP contribution in [0.5, 0.6) is 5.75 Å². The number of carbonyl (C=O) groups excluding carboxylic acids is 1. The van der Waals surface area contributed by atoms with Crippen LogP contribution in [0.4, 0.5) is 5.69 Å². The van der Waals surface area contributed by atoms with Gasteiger partial charge in [0.05, 0.1) is 33.5 Å². The topological polar surface area (TPSA) is 75.0 Å². The zero-order chi connectivity index (χ0) is 20.1. The Kier molecular flexibility index (Phi) is 6.63. The quantitative estimate of drug-likeness (QED) is 0.518. The van der Waals surface area contributed by atoms with Crippen molar-refractivity contribution >= 4 is 57.5 Å². The molecule has 1 N–H and O–H groups in total. The van der Waals surface area contributed by atoms with Gasteiger partial charge >= 0.3 is 0 Å². The van der Waals surface area contributed by atoms with Gasteiger partial charge in [-0.3, -0.25) is 4.79 Å². The van der Waals surface area contributed by atoms with Crippen LogP contribution in [0, 0.1) is 11.3 Å². The van der Waals surface area contributed by atoms with Crippen LogP contribution in [0.25, 0.3) is 10.9 Å². The van der Waals surface area contributed by atoms with E-state index < -0.39 is 0 Å². The summed E-state index contributed by atoms with van der Waals surface area (Å²) in [5.41, 5.74) is 1.69. The molecule has 142 valence electrons. The van der Waals surface area contributed by atoms with Crippen LogP contribution < -0.4 is 10.1 Å². The van der Waals surface area contributed by atoms with Crippen LogP contribution >= 0.6 is 35.0 Å². The monoisotopic (exact) mass is 431 g/mol. The molecule has 0 aliphatic heterocycles. The fourth-order valence-corrected chi connectivity index (χ4v) is 3.55. The Bertz CT molecular complexity index is 1080. The third-order valence-electron chi connectivity index (χ3n) is 3.73. The number of thioether (sulfide) groups is 1. The summed E-state index contributed by atoms with van der Waals surface area (Å²) in [6.45, 7) is 2.47. The SMILES string of the molecule is CCOc1ccc2nc(SCC(=O)Nc3ccc(Cl)c(Cl)c3)c(C#N)cc2c1. The van der Waals surface area contributed by atoms with Gasteiger partial charge in [-0.1, -0.05) is 35.0 Å². The van der Waals surface area contributed by atoms with Crippen molar-refractivity contribution < 1.29 is 9.53 Å². The highest BCUT2D eigenvalue weighted by atomic mass is 35.5. The highest BCUT2D eigenvalue weighted by Gasteiger charge is 2.12. The van der Waals surface area contributed by atoms with E-state index in [1.807, 2.05) is 25.1 Å². The minimum atomic E-state index is -0.235. The smallest absolute Gasteiger partial charge is 0.234 e. The Morgan fingerprint density at radius 1 is 1.21 bits per heavy atom. The van der Waals surface area contributed by atoms with Gasteiger partial charge in [-0.05, 0) is 49.4 Å². The predicted molar refractivity (Wildman–Crippen MR) is 113 cm³/mol. The second kappa shape index (κ2) is 9.16. The van der Waals surface area contributed by atoms with E-state index in [0.29, 0.717) is 32.9 Å². The Morgan fingerprint density at radius 3 is 2.75 bits per heavy atom. The van der Waals surface area contributed by atoms with Crippen molar-refractivity contribution in [1.29, 1.82) is 5.26 Å². The zero-order valence-electron chi connectivity index (χ0n) is 14.8. The third-order valence-corrected chi connectivity index (χ3v) is 5.46. The van der Waals surface area contributed by atoms with E-state index in [2.05, 4.69) is 16.4 Å². The number of rotatable bonds is 6. The summed E-state index contributed by atoms with van der Waals surface area (Å²) >= 11 is 13.0.